The zero-order valence-corrected chi connectivity index (χ0v) is 12.1. The van der Waals surface area contributed by atoms with Crippen LogP contribution in [0.1, 0.15) is 38.5 Å². The van der Waals surface area contributed by atoms with Gasteiger partial charge in [0.05, 0.1) is 0 Å². The van der Waals surface area contributed by atoms with Crippen LogP contribution >= 0.6 is 0 Å². The summed E-state index contributed by atoms with van der Waals surface area (Å²) in [4.78, 5) is 14.2. The first-order valence-corrected chi connectivity index (χ1v) is 8.19. The van der Waals surface area contributed by atoms with Gasteiger partial charge in [-0.1, -0.05) is 12.8 Å². The van der Waals surface area contributed by atoms with Crippen LogP contribution in [0.5, 0.6) is 0 Å². The Morgan fingerprint density at radius 2 is 1.70 bits per heavy atom. The number of piperidine rings is 1. The van der Waals surface area contributed by atoms with Crippen molar-refractivity contribution in [3.8, 4) is 0 Å². The van der Waals surface area contributed by atoms with Crippen LogP contribution in [0.2, 0.25) is 0 Å². The second-order valence-corrected chi connectivity index (χ2v) is 6.58. The average molecular weight is 272 g/mol. The van der Waals surface area contributed by atoms with Gasteiger partial charge in [0.15, 0.2) is 0 Å². The van der Waals surface area contributed by atoms with Crippen LogP contribution < -0.4 is 4.90 Å². The molecule has 0 aromatic carbocycles. The summed E-state index contributed by atoms with van der Waals surface area (Å²) in [5.41, 5.74) is 0. The zero-order valence-electron chi connectivity index (χ0n) is 12.1. The molecule has 2 saturated heterocycles. The molecule has 3 aliphatic rings. The van der Waals surface area contributed by atoms with Gasteiger partial charge in [-0.05, 0) is 44.2 Å². The molecule has 1 aromatic rings. The summed E-state index contributed by atoms with van der Waals surface area (Å²) in [6.45, 7) is 3.68. The smallest absolute Gasteiger partial charge is 0.225 e. The van der Waals surface area contributed by atoms with Gasteiger partial charge in [0.2, 0.25) is 5.95 Å². The van der Waals surface area contributed by atoms with Crippen molar-refractivity contribution >= 4 is 5.95 Å². The molecule has 2 atom stereocenters. The van der Waals surface area contributed by atoms with Gasteiger partial charge in [-0.2, -0.15) is 0 Å². The molecule has 2 aliphatic heterocycles. The number of aromatic nitrogens is 2. The van der Waals surface area contributed by atoms with E-state index in [0.29, 0.717) is 6.04 Å². The maximum atomic E-state index is 4.47. The molecule has 0 spiro atoms. The highest BCUT2D eigenvalue weighted by molar-refractivity contribution is 5.34. The summed E-state index contributed by atoms with van der Waals surface area (Å²) in [5.74, 6) is 1.80. The first-order valence-electron chi connectivity index (χ1n) is 8.19. The topological polar surface area (TPSA) is 32.3 Å². The lowest BCUT2D eigenvalue weighted by atomic mass is 9.91. The van der Waals surface area contributed by atoms with E-state index in [1.807, 2.05) is 18.5 Å². The molecule has 0 bridgehead atoms. The normalized spacial score (nSPS) is 31.7. The Labute approximate surface area is 121 Å². The van der Waals surface area contributed by atoms with Gasteiger partial charge in [-0.15, -0.1) is 0 Å². The Morgan fingerprint density at radius 1 is 0.950 bits per heavy atom. The molecule has 20 heavy (non-hydrogen) atoms. The molecule has 4 nitrogen and oxygen atoms in total. The summed E-state index contributed by atoms with van der Waals surface area (Å²) in [7, 11) is 0. The lowest BCUT2D eigenvalue weighted by molar-refractivity contribution is 0.126. The van der Waals surface area contributed by atoms with Crippen LogP contribution in [0.25, 0.3) is 0 Å². The third-order valence-electron chi connectivity index (χ3n) is 5.54. The van der Waals surface area contributed by atoms with Crippen molar-refractivity contribution in [2.45, 2.75) is 50.6 Å². The number of likely N-dealkylation sites (tertiary alicyclic amines) is 1. The fourth-order valence-corrected chi connectivity index (χ4v) is 4.45. The second kappa shape index (κ2) is 5.32. The van der Waals surface area contributed by atoms with Crippen molar-refractivity contribution in [2.75, 3.05) is 24.5 Å². The number of fused-ring (bicyclic) bond motifs is 1. The lowest BCUT2D eigenvalue weighted by Crippen LogP contribution is -2.51. The fraction of sp³-hybridized carbons (Fsp3) is 0.750. The zero-order chi connectivity index (χ0) is 13.4. The third-order valence-corrected chi connectivity index (χ3v) is 5.54. The SMILES string of the molecule is c1cnc(N2CCC3CCN(C4CCCC4)CC32)nc1. The van der Waals surface area contributed by atoms with E-state index in [1.54, 1.807) is 0 Å². The number of nitrogens with zero attached hydrogens (tertiary/aromatic N) is 4. The van der Waals surface area contributed by atoms with Crippen LogP contribution in [-0.2, 0) is 0 Å². The van der Waals surface area contributed by atoms with Crippen molar-refractivity contribution in [2.24, 2.45) is 5.92 Å². The summed E-state index contributed by atoms with van der Waals surface area (Å²) < 4.78 is 0. The molecule has 1 saturated carbocycles. The quantitative estimate of drug-likeness (QED) is 0.827. The Kier molecular flexibility index (Phi) is 3.34. The Balaban J connectivity index is 1.50. The summed E-state index contributed by atoms with van der Waals surface area (Å²) in [5, 5.41) is 0. The highest BCUT2D eigenvalue weighted by Crippen LogP contribution is 2.36. The van der Waals surface area contributed by atoms with E-state index >= 15 is 0 Å². The molecule has 0 amide bonds. The van der Waals surface area contributed by atoms with E-state index < -0.39 is 0 Å². The van der Waals surface area contributed by atoms with Crippen molar-refractivity contribution in [3.63, 3.8) is 0 Å². The molecule has 4 heteroatoms. The first-order chi connectivity index (χ1) is 9.92. The maximum Gasteiger partial charge on any atom is 0.225 e. The molecule has 3 fully saturated rings. The molecular formula is C16H24N4. The van der Waals surface area contributed by atoms with Crippen LogP contribution in [0, 0.1) is 5.92 Å². The Bertz CT molecular complexity index is 443. The van der Waals surface area contributed by atoms with Crippen molar-refractivity contribution in [1.82, 2.24) is 14.9 Å². The van der Waals surface area contributed by atoms with Gasteiger partial charge >= 0.3 is 0 Å². The predicted octanol–water partition coefficient (Wildman–Crippen LogP) is 2.32. The van der Waals surface area contributed by atoms with Gasteiger partial charge in [0, 0.05) is 37.6 Å². The average Bonchev–Trinajstić information content (AvgIpc) is 3.17. The van der Waals surface area contributed by atoms with Crippen LogP contribution in [0.4, 0.5) is 5.95 Å². The van der Waals surface area contributed by atoms with Crippen molar-refractivity contribution in [3.05, 3.63) is 18.5 Å². The molecule has 2 unspecified atom stereocenters. The van der Waals surface area contributed by atoms with Crippen LogP contribution in [0.15, 0.2) is 18.5 Å². The minimum absolute atomic E-state index is 0.645. The van der Waals surface area contributed by atoms with Gasteiger partial charge < -0.3 is 4.90 Å². The maximum absolute atomic E-state index is 4.47. The summed E-state index contributed by atoms with van der Waals surface area (Å²) in [6, 6.07) is 3.41. The minimum atomic E-state index is 0.645. The standard InChI is InChI=1S/C16H24N4/c1-2-5-14(4-1)19-10-6-13-7-11-20(15(13)12-19)16-17-8-3-9-18-16/h3,8-9,13-15H,1-2,4-7,10-12H2. The predicted molar refractivity (Wildman–Crippen MR) is 79.7 cm³/mol. The van der Waals surface area contributed by atoms with Crippen LogP contribution in [0.3, 0.4) is 0 Å². The molecule has 1 aliphatic carbocycles. The number of hydrogen-bond acceptors (Lipinski definition) is 4. The third kappa shape index (κ3) is 2.20. The Morgan fingerprint density at radius 3 is 2.50 bits per heavy atom. The van der Waals surface area contributed by atoms with Crippen molar-refractivity contribution < 1.29 is 0 Å². The lowest BCUT2D eigenvalue weighted by Gasteiger charge is -2.41. The molecule has 1 aromatic heterocycles. The minimum Gasteiger partial charge on any atom is -0.336 e. The van der Waals surface area contributed by atoms with Gasteiger partial charge in [-0.3, -0.25) is 4.90 Å². The van der Waals surface area contributed by atoms with Gasteiger partial charge in [-0.25, -0.2) is 9.97 Å². The second-order valence-electron chi connectivity index (χ2n) is 6.58. The fourth-order valence-electron chi connectivity index (χ4n) is 4.45. The van der Waals surface area contributed by atoms with E-state index in [9.17, 15) is 0 Å². The van der Waals surface area contributed by atoms with Crippen LogP contribution in [-0.4, -0.2) is 46.6 Å². The summed E-state index contributed by atoms with van der Waals surface area (Å²) >= 11 is 0. The molecule has 108 valence electrons. The van der Waals surface area contributed by atoms with E-state index in [2.05, 4.69) is 19.8 Å². The van der Waals surface area contributed by atoms with E-state index in [4.69, 9.17) is 0 Å². The van der Waals surface area contributed by atoms with Crippen molar-refractivity contribution in [1.29, 1.82) is 0 Å². The molecule has 4 rings (SSSR count). The first kappa shape index (κ1) is 12.6. The number of rotatable bonds is 2. The van der Waals surface area contributed by atoms with Gasteiger partial charge in [0.25, 0.3) is 0 Å². The largest absolute Gasteiger partial charge is 0.336 e. The molecular weight excluding hydrogens is 248 g/mol. The summed E-state index contributed by atoms with van der Waals surface area (Å²) in [6.07, 6.45) is 12.1. The monoisotopic (exact) mass is 272 g/mol. The number of hydrogen-bond donors (Lipinski definition) is 0. The Hall–Kier alpha value is -1.16. The number of anilines is 1. The molecule has 0 N–H and O–H groups in total. The highest BCUT2D eigenvalue weighted by Gasteiger charge is 2.41. The van der Waals surface area contributed by atoms with E-state index in [1.165, 1.54) is 51.6 Å². The highest BCUT2D eigenvalue weighted by atomic mass is 15.3. The molecule has 3 heterocycles. The van der Waals surface area contributed by atoms with E-state index in [0.717, 1.165) is 24.5 Å². The van der Waals surface area contributed by atoms with Gasteiger partial charge in [0.1, 0.15) is 0 Å². The van der Waals surface area contributed by atoms with E-state index in [-0.39, 0.29) is 0 Å². The molecule has 0 radical (unpaired) electrons.